The predicted molar refractivity (Wildman–Crippen MR) is 40.1 cm³/mol. The van der Waals surface area contributed by atoms with Gasteiger partial charge in [0.2, 0.25) is 0 Å². The summed E-state index contributed by atoms with van der Waals surface area (Å²) < 4.78 is 5.11. The van der Waals surface area contributed by atoms with Crippen LogP contribution < -0.4 is 0 Å². The third-order valence-electron chi connectivity index (χ3n) is 1.40. The Kier molecular flexibility index (Phi) is 1.86. The molecule has 1 nitrogen and oxygen atoms in total. The fraction of sp³-hybridized carbons (Fsp3) is 0.429. The number of aryl methyl sites for hydroxylation is 2. The first-order chi connectivity index (χ1) is 4.25. The minimum absolute atomic E-state index is 0.912. The summed E-state index contributed by atoms with van der Waals surface area (Å²) in [5.74, 6) is 0.912. The second-order valence-corrected chi connectivity index (χ2v) is 2.47. The maximum Gasteiger partial charge on any atom is 0.114 e. The molecule has 1 rings (SSSR count). The fourth-order valence-corrected chi connectivity index (χ4v) is 1.01. The van der Waals surface area contributed by atoms with Crippen LogP contribution in [0.2, 0.25) is 0 Å². The molecule has 0 radical (unpaired) electrons. The minimum Gasteiger partial charge on any atom is -0.468 e. The van der Waals surface area contributed by atoms with Gasteiger partial charge in [0.15, 0.2) is 0 Å². The first-order valence-electron chi connectivity index (χ1n) is 3.01. The quantitative estimate of drug-likeness (QED) is 0.594. The Morgan fingerprint density at radius 2 is 2.33 bits per heavy atom. The smallest absolute Gasteiger partial charge is 0.114 e. The summed E-state index contributed by atoms with van der Waals surface area (Å²) in [7, 11) is 0. The van der Waals surface area contributed by atoms with Crippen LogP contribution in [-0.4, -0.2) is 0 Å². The largest absolute Gasteiger partial charge is 0.468 e. The van der Waals surface area contributed by atoms with Crippen LogP contribution in [0.15, 0.2) is 15.6 Å². The van der Waals surface area contributed by atoms with E-state index in [0.29, 0.717) is 0 Å². The van der Waals surface area contributed by atoms with Gasteiger partial charge in [-0.2, -0.15) is 0 Å². The summed E-state index contributed by atoms with van der Waals surface area (Å²) >= 11 is 4.25. The SMILES string of the molecule is CCc1coc(C)c1S. The maximum absolute atomic E-state index is 5.11. The van der Waals surface area contributed by atoms with Crippen molar-refractivity contribution in [2.45, 2.75) is 25.2 Å². The van der Waals surface area contributed by atoms with Gasteiger partial charge in [0, 0.05) is 10.5 Å². The molecule has 0 aliphatic carbocycles. The molecule has 0 aliphatic rings. The molecule has 0 N–H and O–H groups in total. The average Bonchev–Trinajstić information content (AvgIpc) is 2.15. The molecular formula is C7H10OS. The van der Waals surface area contributed by atoms with Crippen LogP contribution in [0.5, 0.6) is 0 Å². The number of hydrogen-bond acceptors (Lipinski definition) is 2. The third kappa shape index (κ3) is 1.13. The topological polar surface area (TPSA) is 13.1 Å². The lowest BCUT2D eigenvalue weighted by molar-refractivity contribution is 0.525. The van der Waals surface area contributed by atoms with Crippen molar-refractivity contribution in [2.24, 2.45) is 0 Å². The number of thiol groups is 1. The van der Waals surface area contributed by atoms with Crippen LogP contribution in [0.4, 0.5) is 0 Å². The van der Waals surface area contributed by atoms with Crippen molar-refractivity contribution < 1.29 is 4.42 Å². The van der Waals surface area contributed by atoms with E-state index in [1.54, 1.807) is 6.26 Å². The van der Waals surface area contributed by atoms with Crippen molar-refractivity contribution in [3.05, 3.63) is 17.6 Å². The molecule has 1 aromatic heterocycles. The van der Waals surface area contributed by atoms with Gasteiger partial charge in [0.25, 0.3) is 0 Å². The molecule has 0 aromatic carbocycles. The molecule has 1 aromatic rings. The fourth-order valence-electron chi connectivity index (χ4n) is 0.748. The van der Waals surface area contributed by atoms with Crippen LogP contribution in [0.1, 0.15) is 18.2 Å². The van der Waals surface area contributed by atoms with Crippen LogP contribution in [0.3, 0.4) is 0 Å². The van der Waals surface area contributed by atoms with Gasteiger partial charge < -0.3 is 4.42 Å². The highest BCUT2D eigenvalue weighted by atomic mass is 32.1. The van der Waals surface area contributed by atoms with Gasteiger partial charge in [0.1, 0.15) is 5.76 Å². The zero-order valence-electron chi connectivity index (χ0n) is 5.64. The molecule has 2 heteroatoms. The number of furan rings is 1. The van der Waals surface area contributed by atoms with E-state index < -0.39 is 0 Å². The Balaban J connectivity index is 3.04. The van der Waals surface area contributed by atoms with E-state index in [4.69, 9.17) is 4.42 Å². The van der Waals surface area contributed by atoms with E-state index in [0.717, 1.165) is 17.1 Å². The third-order valence-corrected chi connectivity index (χ3v) is 2.00. The van der Waals surface area contributed by atoms with Crippen molar-refractivity contribution in [1.29, 1.82) is 0 Å². The maximum atomic E-state index is 5.11. The second kappa shape index (κ2) is 2.48. The van der Waals surface area contributed by atoms with E-state index in [2.05, 4.69) is 19.6 Å². The molecule has 0 spiro atoms. The Bertz CT molecular complexity index is 203. The minimum atomic E-state index is 0.912. The van der Waals surface area contributed by atoms with Gasteiger partial charge >= 0.3 is 0 Å². The first kappa shape index (κ1) is 6.75. The van der Waals surface area contributed by atoms with Crippen LogP contribution in [0, 0.1) is 6.92 Å². The molecule has 0 atom stereocenters. The summed E-state index contributed by atoms with van der Waals surface area (Å²) in [5, 5.41) is 0. The van der Waals surface area contributed by atoms with Gasteiger partial charge in [-0.3, -0.25) is 0 Å². The summed E-state index contributed by atoms with van der Waals surface area (Å²) in [6, 6.07) is 0. The summed E-state index contributed by atoms with van der Waals surface area (Å²) in [4.78, 5) is 0.998. The van der Waals surface area contributed by atoms with Crippen molar-refractivity contribution in [3.8, 4) is 0 Å². The van der Waals surface area contributed by atoms with Gasteiger partial charge in [-0.25, -0.2) is 0 Å². The Labute approximate surface area is 60.5 Å². The Morgan fingerprint density at radius 3 is 2.56 bits per heavy atom. The molecule has 1 heterocycles. The molecule has 0 saturated heterocycles. The normalized spacial score (nSPS) is 10.1. The molecule has 0 saturated carbocycles. The zero-order valence-corrected chi connectivity index (χ0v) is 6.53. The van der Waals surface area contributed by atoms with Crippen molar-refractivity contribution in [1.82, 2.24) is 0 Å². The van der Waals surface area contributed by atoms with Crippen molar-refractivity contribution >= 4 is 12.6 Å². The lowest BCUT2D eigenvalue weighted by Crippen LogP contribution is -1.74. The van der Waals surface area contributed by atoms with Gasteiger partial charge in [0.05, 0.1) is 6.26 Å². The Hall–Kier alpha value is -0.370. The second-order valence-electron chi connectivity index (χ2n) is 2.02. The zero-order chi connectivity index (χ0) is 6.85. The standard InChI is InChI=1S/C7H10OS/c1-3-6-4-8-5(2)7(6)9/h4,9H,3H2,1-2H3. The molecule has 0 bridgehead atoms. The lowest BCUT2D eigenvalue weighted by Gasteiger charge is -1.87. The van der Waals surface area contributed by atoms with E-state index in [9.17, 15) is 0 Å². The van der Waals surface area contributed by atoms with E-state index >= 15 is 0 Å². The molecule has 0 aliphatic heterocycles. The lowest BCUT2D eigenvalue weighted by atomic mass is 10.2. The van der Waals surface area contributed by atoms with Crippen LogP contribution >= 0.6 is 12.6 Å². The van der Waals surface area contributed by atoms with Gasteiger partial charge in [-0.15, -0.1) is 12.6 Å². The molecule has 0 amide bonds. The summed E-state index contributed by atoms with van der Waals surface area (Å²) in [6.45, 7) is 4.01. The monoisotopic (exact) mass is 142 g/mol. The average molecular weight is 142 g/mol. The van der Waals surface area contributed by atoms with Crippen molar-refractivity contribution in [3.63, 3.8) is 0 Å². The summed E-state index contributed by atoms with van der Waals surface area (Å²) in [5.41, 5.74) is 1.19. The van der Waals surface area contributed by atoms with Gasteiger partial charge in [-0.05, 0) is 13.3 Å². The van der Waals surface area contributed by atoms with Crippen molar-refractivity contribution in [2.75, 3.05) is 0 Å². The highest BCUT2D eigenvalue weighted by Gasteiger charge is 2.02. The summed E-state index contributed by atoms with van der Waals surface area (Å²) in [6.07, 6.45) is 2.76. The molecule has 0 fully saturated rings. The first-order valence-corrected chi connectivity index (χ1v) is 3.46. The molecular weight excluding hydrogens is 132 g/mol. The van der Waals surface area contributed by atoms with E-state index in [-0.39, 0.29) is 0 Å². The van der Waals surface area contributed by atoms with Gasteiger partial charge in [-0.1, -0.05) is 6.92 Å². The Morgan fingerprint density at radius 1 is 1.67 bits per heavy atom. The van der Waals surface area contributed by atoms with E-state index in [1.165, 1.54) is 5.56 Å². The highest BCUT2D eigenvalue weighted by Crippen LogP contribution is 2.20. The molecule has 9 heavy (non-hydrogen) atoms. The molecule has 50 valence electrons. The molecule has 0 unspecified atom stereocenters. The van der Waals surface area contributed by atoms with Crippen LogP contribution in [0.25, 0.3) is 0 Å². The predicted octanol–water partition coefficient (Wildman–Crippen LogP) is 2.44. The van der Waals surface area contributed by atoms with Crippen LogP contribution in [-0.2, 0) is 6.42 Å². The number of rotatable bonds is 1. The number of hydrogen-bond donors (Lipinski definition) is 1. The van der Waals surface area contributed by atoms with E-state index in [1.807, 2.05) is 6.92 Å². The highest BCUT2D eigenvalue weighted by molar-refractivity contribution is 7.80.